The van der Waals surface area contributed by atoms with Crippen LogP contribution in [-0.4, -0.2) is 73.7 Å². The first kappa shape index (κ1) is 24.1. The Kier molecular flexibility index (Phi) is 10.2. The first-order valence-electron chi connectivity index (χ1n) is 8.63. The Labute approximate surface area is 167 Å². The Bertz CT molecular complexity index is 566. The van der Waals surface area contributed by atoms with Gasteiger partial charge in [0, 0.05) is 33.6 Å². The average molecular weight is 425 g/mol. The summed E-state index contributed by atoms with van der Waals surface area (Å²) in [5.74, 6) is -2.34. The van der Waals surface area contributed by atoms with Crippen molar-refractivity contribution in [3.05, 3.63) is 0 Å². The lowest BCUT2D eigenvalue weighted by molar-refractivity contribution is -0.308. The van der Waals surface area contributed by atoms with Crippen molar-refractivity contribution in [3.8, 4) is 0 Å². The molecule has 28 heavy (non-hydrogen) atoms. The maximum Gasteiger partial charge on any atom is 0.303 e. The molecule has 1 heterocycles. The number of halogens is 1. The molecular weight excluding hydrogens is 400 g/mol. The number of carbonyl (C=O) groups excluding carboxylic acids is 4. The molecule has 1 saturated heterocycles. The van der Waals surface area contributed by atoms with E-state index in [1.165, 1.54) is 6.92 Å². The molecular formula is C17H25ClO10. The summed E-state index contributed by atoms with van der Waals surface area (Å²) in [4.78, 5) is 46.0. The van der Waals surface area contributed by atoms with Gasteiger partial charge in [0.25, 0.3) is 0 Å². The minimum atomic E-state index is -1.24. The number of hydrogen-bond acceptors (Lipinski definition) is 10. The van der Waals surface area contributed by atoms with Gasteiger partial charge in [0.15, 0.2) is 24.6 Å². The van der Waals surface area contributed by atoms with Crippen LogP contribution in [0, 0.1) is 0 Å². The van der Waals surface area contributed by atoms with Gasteiger partial charge in [0.05, 0.1) is 6.61 Å². The molecule has 0 aromatic carbocycles. The zero-order valence-electron chi connectivity index (χ0n) is 16.2. The van der Waals surface area contributed by atoms with Crippen LogP contribution >= 0.6 is 11.6 Å². The van der Waals surface area contributed by atoms with E-state index < -0.39 is 54.6 Å². The van der Waals surface area contributed by atoms with E-state index >= 15 is 0 Å². The SMILES string of the molecule is CC(=O)OC[C@H]1O[C@@H](OCCCCl)[C@H](OC(C)=O)[C@@H](OC(C)=O)[C@H]1OC(C)=O. The van der Waals surface area contributed by atoms with Crippen molar-refractivity contribution in [2.45, 2.75) is 64.8 Å². The Balaban J connectivity index is 3.21. The van der Waals surface area contributed by atoms with Crippen LogP contribution in [-0.2, 0) is 47.6 Å². The van der Waals surface area contributed by atoms with Crippen molar-refractivity contribution in [1.29, 1.82) is 0 Å². The molecule has 1 aliphatic rings. The topological polar surface area (TPSA) is 124 Å². The molecule has 1 fully saturated rings. The average Bonchev–Trinajstić information content (AvgIpc) is 2.57. The van der Waals surface area contributed by atoms with E-state index in [4.69, 9.17) is 40.0 Å². The molecule has 5 atom stereocenters. The van der Waals surface area contributed by atoms with Crippen LogP contribution in [0.25, 0.3) is 0 Å². The van der Waals surface area contributed by atoms with Crippen molar-refractivity contribution in [2.75, 3.05) is 19.1 Å². The van der Waals surface area contributed by atoms with Gasteiger partial charge in [0.1, 0.15) is 12.7 Å². The Morgan fingerprint density at radius 1 is 0.821 bits per heavy atom. The maximum absolute atomic E-state index is 11.6. The highest BCUT2D eigenvalue weighted by Crippen LogP contribution is 2.30. The molecule has 0 radical (unpaired) electrons. The van der Waals surface area contributed by atoms with Crippen LogP contribution in [0.4, 0.5) is 0 Å². The fourth-order valence-corrected chi connectivity index (χ4v) is 2.69. The Hall–Kier alpha value is -1.91. The van der Waals surface area contributed by atoms with E-state index in [0.717, 1.165) is 20.8 Å². The molecule has 11 heteroatoms. The standard InChI is InChI=1S/C17H25ClO10/c1-9(19)24-8-13-14(25-10(2)20)15(26-11(3)21)16(27-12(4)22)17(28-13)23-7-5-6-18/h13-17H,5-8H2,1-4H3/t13-,14+,15+,16-,17-/m1/s1. The number of ether oxygens (including phenoxy) is 6. The lowest BCUT2D eigenvalue weighted by Gasteiger charge is -2.44. The van der Waals surface area contributed by atoms with Crippen molar-refractivity contribution in [2.24, 2.45) is 0 Å². The molecule has 0 aliphatic carbocycles. The highest BCUT2D eigenvalue weighted by atomic mass is 35.5. The maximum atomic E-state index is 11.6. The van der Waals surface area contributed by atoms with Gasteiger partial charge in [0.2, 0.25) is 0 Å². The molecule has 1 aliphatic heterocycles. The molecule has 160 valence electrons. The Morgan fingerprint density at radius 3 is 1.86 bits per heavy atom. The van der Waals surface area contributed by atoms with Gasteiger partial charge in [-0.2, -0.15) is 0 Å². The Morgan fingerprint density at radius 2 is 1.36 bits per heavy atom. The van der Waals surface area contributed by atoms with Crippen molar-refractivity contribution >= 4 is 35.5 Å². The van der Waals surface area contributed by atoms with Crippen LogP contribution < -0.4 is 0 Å². The fourth-order valence-electron chi connectivity index (χ4n) is 2.58. The second-order valence-electron chi connectivity index (χ2n) is 5.98. The summed E-state index contributed by atoms with van der Waals surface area (Å²) in [6.45, 7) is 4.52. The van der Waals surface area contributed by atoms with E-state index in [1.54, 1.807) is 0 Å². The third-order valence-electron chi connectivity index (χ3n) is 3.51. The minimum absolute atomic E-state index is 0.164. The summed E-state index contributed by atoms with van der Waals surface area (Å²) < 4.78 is 32.0. The molecule has 0 aromatic heterocycles. The van der Waals surface area contributed by atoms with Crippen LogP contribution in [0.15, 0.2) is 0 Å². The summed E-state index contributed by atoms with van der Waals surface area (Å²) >= 11 is 5.64. The van der Waals surface area contributed by atoms with E-state index in [-0.39, 0.29) is 13.2 Å². The third kappa shape index (κ3) is 7.99. The van der Waals surface area contributed by atoms with E-state index in [9.17, 15) is 19.2 Å². The zero-order valence-corrected chi connectivity index (χ0v) is 16.9. The van der Waals surface area contributed by atoms with Gasteiger partial charge in [-0.15, -0.1) is 11.6 Å². The number of esters is 4. The normalized spacial score (nSPS) is 26.8. The summed E-state index contributed by atoms with van der Waals surface area (Å²) in [6, 6.07) is 0. The van der Waals surface area contributed by atoms with Crippen molar-refractivity contribution in [3.63, 3.8) is 0 Å². The zero-order chi connectivity index (χ0) is 21.3. The quantitative estimate of drug-likeness (QED) is 0.226. The number of carbonyl (C=O) groups is 4. The lowest BCUT2D eigenvalue weighted by atomic mass is 9.98. The lowest BCUT2D eigenvalue weighted by Crippen LogP contribution is -2.63. The number of alkyl halides is 1. The van der Waals surface area contributed by atoms with Crippen LogP contribution in [0.1, 0.15) is 34.1 Å². The minimum Gasteiger partial charge on any atom is -0.463 e. The van der Waals surface area contributed by atoms with Crippen LogP contribution in [0.3, 0.4) is 0 Å². The van der Waals surface area contributed by atoms with Gasteiger partial charge in [-0.25, -0.2) is 0 Å². The van der Waals surface area contributed by atoms with Gasteiger partial charge < -0.3 is 28.4 Å². The smallest absolute Gasteiger partial charge is 0.303 e. The van der Waals surface area contributed by atoms with Crippen LogP contribution in [0.5, 0.6) is 0 Å². The molecule has 0 saturated carbocycles. The number of hydrogen-bond donors (Lipinski definition) is 0. The first-order valence-corrected chi connectivity index (χ1v) is 9.17. The van der Waals surface area contributed by atoms with Crippen molar-refractivity contribution < 1.29 is 47.6 Å². The second-order valence-corrected chi connectivity index (χ2v) is 6.36. The highest BCUT2D eigenvalue weighted by Gasteiger charge is 2.52. The fraction of sp³-hybridized carbons (Fsp3) is 0.765. The second kappa shape index (κ2) is 11.8. The number of rotatable bonds is 9. The molecule has 0 spiro atoms. The molecule has 0 unspecified atom stereocenters. The van der Waals surface area contributed by atoms with Gasteiger partial charge in [-0.3, -0.25) is 19.2 Å². The molecule has 10 nitrogen and oxygen atoms in total. The summed E-state index contributed by atoms with van der Waals surface area (Å²) in [5, 5.41) is 0. The summed E-state index contributed by atoms with van der Waals surface area (Å²) in [7, 11) is 0. The van der Waals surface area contributed by atoms with Crippen molar-refractivity contribution in [1.82, 2.24) is 0 Å². The van der Waals surface area contributed by atoms with Gasteiger partial charge in [-0.05, 0) is 6.42 Å². The van der Waals surface area contributed by atoms with Crippen LogP contribution in [0.2, 0.25) is 0 Å². The summed E-state index contributed by atoms with van der Waals surface area (Å²) in [6.07, 6.45) is -5.35. The van der Waals surface area contributed by atoms with Gasteiger partial charge in [-0.1, -0.05) is 0 Å². The molecule has 0 amide bonds. The highest BCUT2D eigenvalue weighted by molar-refractivity contribution is 6.17. The third-order valence-corrected chi connectivity index (χ3v) is 3.78. The van der Waals surface area contributed by atoms with Gasteiger partial charge >= 0.3 is 23.9 Å². The monoisotopic (exact) mass is 424 g/mol. The summed E-state index contributed by atoms with van der Waals surface area (Å²) in [5.41, 5.74) is 0. The first-order chi connectivity index (χ1) is 13.1. The predicted molar refractivity (Wildman–Crippen MR) is 93.2 cm³/mol. The molecule has 0 aromatic rings. The van der Waals surface area contributed by atoms with E-state index in [0.29, 0.717) is 12.3 Å². The molecule has 0 N–H and O–H groups in total. The molecule has 1 rings (SSSR count). The van der Waals surface area contributed by atoms with E-state index in [1.807, 2.05) is 0 Å². The van der Waals surface area contributed by atoms with E-state index in [2.05, 4.69) is 0 Å². The molecule has 0 bridgehead atoms. The predicted octanol–water partition coefficient (Wildman–Crippen LogP) is 0.715. The largest absolute Gasteiger partial charge is 0.463 e.